The average molecular weight is 276 g/mol. The molecule has 2 rings (SSSR count). The summed E-state index contributed by atoms with van der Waals surface area (Å²) in [5, 5.41) is 3.67. The van der Waals surface area contributed by atoms with Crippen LogP contribution in [0.2, 0.25) is 0 Å². The lowest BCUT2D eigenvalue weighted by molar-refractivity contribution is 0.00858. The van der Waals surface area contributed by atoms with Crippen molar-refractivity contribution in [1.29, 1.82) is 0 Å². The molecule has 1 fully saturated rings. The van der Waals surface area contributed by atoms with Crippen molar-refractivity contribution in [3.63, 3.8) is 0 Å². The molecule has 1 aromatic heterocycles. The predicted octanol–water partition coefficient (Wildman–Crippen LogP) is 3.34. The fourth-order valence-electron chi connectivity index (χ4n) is 2.85. The summed E-state index contributed by atoms with van der Waals surface area (Å²) in [6, 6.07) is 4.74. The molecule has 3 heteroatoms. The van der Waals surface area contributed by atoms with Crippen molar-refractivity contribution in [2.24, 2.45) is 0 Å². The Morgan fingerprint density at radius 1 is 1.45 bits per heavy atom. The van der Waals surface area contributed by atoms with E-state index < -0.39 is 0 Å². The van der Waals surface area contributed by atoms with E-state index in [4.69, 9.17) is 4.74 Å². The van der Waals surface area contributed by atoms with Gasteiger partial charge in [-0.15, -0.1) is 0 Å². The molecule has 2 unspecified atom stereocenters. The summed E-state index contributed by atoms with van der Waals surface area (Å²) in [7, 11) is 0. The van der Waals surface area contributed by atoms with Gasteiger partial charge in [-0.1, -0.05) is 13.0 Å². The highest BCUT2D eigenvalue weighted by Crippen LogP contribution is 2.18. The maximum Gasteiger partial charge on any atom is 0.0575 e. The van der Waals surface area contributed by atoms with E-state index in [0.717, 1.165) is 19.6 Å². The van der Waals surface area contributed by atoms with Crippen molar-refractivity contribution in [2.45, 2.75) is 64.0 Å². The molecular formula is C17H28N2O. The zero-order valence-corrected chi connectivity index (χ0v) is 12.7. The smallest absolute Gasteiger partial charge is 0.0575 e. The number of hydrogen-bond acceptors (Lipinski definition) is 3. The summed E-state index contributed by atoms with van der Waals surface area (Å²) < 4.78 is 5.84. The van der Waals surface area contributed by atoms with Crippen LogP contribution in [0.15, 0.2) is 24.5 Å². The van der Waals surface area contributed by atoms with Crippen LogP contribution in [0.4, 0.5) is 0 Å². The molecule has 2 atom stereocenters. The molecule has 1 aromatic rings. The van der Waals surface area contributed by atoms with E-state index in [1.165, 1.54) is 44.1 Å². The second-order valence-corrected chi connectivity index (χ2v) is 5.78. The number of pyridine rings is 1. The van der Waals surface area contributed by atoms with Crippen LogP contribution in [0.5, 0.6) is 0 Å². The minimum Gasteiger partial charge on any atom is -0.378 e. The van der Waals surface area contributed by atoms with E-state index in [1.54, 1.807) is 0 Å². The lowest BCUT2D eigenvalue weighted by atomic mass is 9.98. The molecule has 1 N–H and O–H groups in total. The third-order valence-corrected chi connectivity index (χ3v) is 4.00. The van der Waals surface area contributed by atoms with Crippen LogP contribution in [0.3, 0.4) is 0 Å². The summed E-state index contributed by atoms with van der Waals surface area (Å²) in [6.07, 6.45) is 12.8. The number of hydrogen-bond donors (Lipinski definition) is 1. The molecule has 0 amide bonds. The van der Waals surface area contributed by atoms with Crippen molar-refractivity contribution < 1.29 is 4.74 Å². The van der Waals surface area contributed by atoms with Crippen LogP contribution >= 0.6 is 0 Å². The zero-order valence-electron chi connectivity index (χ0n) is 12.7. The van der Waals surface area contributed by atoms with Crippen molar-refractivity contribution in [3.8, 4) is 0 Å². The number of ether oxygens (including phenoxy) is 1. The Balaban J connectivity index is 1.79. The Labute approximate surface area is 123 Å². The van der Waals surface area contributed by atoms with Gasteiger partial charge in [0, 0.05) is 25.0 Å². The minimum atomic E-state index is 0.489. The first-order chi connectivity index (χ1) is 9.88. The molecule has 2 heterocycles. The molecule has 0 aromatic carbocycles. The van der Waals surface area contributed by atoms with Crippen molar-refractivity contribution in [1.82, 2.24) is 10.3 Å². The number of nitrogens with one attached hydrogen (secondary N) is 1. The van der Waals surface area contributed by atoms with Crippen LogP contribution in [0.1, 0.15) is 51.0 Å². The summed E-state index contributed by atoms with van der Waals surface area (Å²) in [4.78, 5) is 4.22. The lowest BCUT2D eigenvalue weighted by Crippen LogP contribution is -2.33. The van der Waals surface area contributed by atoms with E-state index >= 15 is 0 Å². The van der Waals surface area contributed by atoms with Gasteiger partial charge in [-0.25, -0.2) is 0 Å². The second kappa shape index (κ2) is 9.09. The molecule has 0 saturated carbocycles. The molecule has 1 saturated heterocycles. The van der Waals surface area contributed by atoms with Crippen molar-refractivity contribution in [2.75, 3.05) is 13.2 Å². The first kappa shape index (κ1) is 15.5. The molecule has 1 aliphatic rings. The SMILES string of the molecule is CCCNC(CCC1CCCCO1)Cc1cccnc1. The normalized spacial score (nSPS) is 20.8. The fraction of sp³-hybridized carbons (Fsp3) is 0.706. The van der Waals surface area contributed by atoms with Gasteiger partial charge in [-0.05, 0) is 63.1 Å². The second-order valence-electron chi connectivity index (χ2n) is 5.78. The molecule has 1 aliphatic heterocycles. The topological polar surface area (TPSA) is 34.1 Å². The van der Waals surface area contributed by atoms with E-state index in [2.05, 4.69) is 23.3 Å². The Bertz CT molecular complexity index is 349. The van der Waals surface area contributed by atoms with Gasteiger partial charge in [0.05, 0.1) is 6.10 Å². The number of nitrogens with zero attached hydrogens (tertiary/aromatic N) is 1. The van der Waals surface area contributed by atoms with Crippen LogP contribution in [0.25, 0.3) is 0 Å². The summed E-state index contributed by atoms with van der Waals surface area (Å²) in [5.41, 5.74) is 1.32. The van der Waals surface area contributed by atoms with E-state index in [-0.39, 0.29) is 0 Å². The number of aromatic nitrogens is 1. The van der Waals surface area contributed by atoms with E-state index in [9.17, 15) is 0 Å². The Hall–Kier alpha value is -0.930. The van der Waals surface area contributed by atoms with Crippen LogP contribution in [-0.2, 0) is 11.2 Å². The maximum atomic E-state index is 5.84. The van der Waals surface area contributed by atoms with Gasteiger partial charge in [-0.2, -0.15) is 0 Å². The van der Waals surface area contributed by atoms with E-state index in [0.29, 0.717) is 12.1 Å². The molecule has 3 nitrogen and oxygen atoms in total. The number of rotatable bonds is 8. The Kier molecular flexibility index (Phi) is 7.02. The highest BCUT2D eigenvalue weighted by atomic mass is 16.5. The first-order valence-corrected chi connectivity index (χ1v) is 8.12. The largest absolute Gasteiger partial charge is 0.378 e. The van der Waals surface area contributed by atoms with Crippen molar-refractivity contribution >= 4 is 0 Å². The van der Waals surface area contributed by atoms with E-state index in [1.807, 2.05) is 18.5 Å². The molecular weight excluding hydrogens is 248 g/mol. The monoisotopic (exact) mass is 276 g/mol. The first-order valence-electron chi connectivity index (χ1n) is 8.12. The minimum absolute atomic E-state index is 0.489. The van der Waals surface area contributed by atoms with Gasteiger partial charge in [0.25, 0.3) is 0 Å². The lowest BCUT2D eigenvalue weighted by Gasteiger charge is -2.25. The standard InChI is InChI=1S/C17H28N2O/c1-2-10-19-16(13-15-6-5-11-18-14-15)8-9-17-7-3-4-12-20-17/h5-6,11,14,16-17,19H,2-4,7-10,12-13H2,1H3. The van der Waals surface area contributed by atoms with Gasteiger partial charge in [0.1, 0.15) is 0 Å². The highest BCUT2D eigenvalue weighted by Gasteiger charge is 2.16. The van der Waals surface area contributed by atoms with Gasteiger partial charge in [0.15, 0.2) is 0 Å². The van der Waals surface area contributed by atoms with Gasteiger partial charge < -0.3 is 10.1 Å². The third kappa shape index (κ3) is 5.59. The fourth-order valence-corrected chi connectivity index (χ4v) is 2.85. The van der Waals surface area contributed by atoms with Crippen LogP contribution in [0, 0.1) is 0 Å². The molecule has 112 valence electrons. The van der Waals surface area contributed by atoms with Crippen LogP contribution in [-0.4, -0.2) is 30.3 Å². The zero-order chi connectivity index (χ0) is 14.0. The molecule has 0 radical (unpaired) electrons. The Morgan fingerprint density at radius 2 is 2.40 bits per heavy atom. The summed E-state index contributed by atoms with van der Waals surface area (Å²) >= 11 is 0. The van der Waals surface area contributed by atoms with Gasteiger partial charge in [0.2, 0.25) is 0 Å². The predicted molar refractivity (Wildman–Crippen MR) is 82.8 cm³/mol. The highest BCUT2D eigenvalue weighted by molar-refractivity contribution is 5.10. The average Bonchev–Trinajstić information content (AvgIpc) is 2.52. The molecule has 20 heavy (non-hydrogen) atoms. The molecule has 0 spiro atoms. The third-order valence-electron chi connectivity index (χ3n) is 4.00. The summed E-state index contributed by atoms with van der Waals surface area (Å²) in [6.45, 7) is 4.27. The van der Waals surface area contributed by atoms with Crippen molar-refractivity contribution in [3.05, 3.63) is 30.1 Å². The maximum absolute atomic E-state index is 5.84. The molecule has 0 bridgehead atoms. The van der Waals surface area contributed by atoms with Crippen LogP contribution < -0.4 is 5.32 Å². The van der Waals surface area contributed by atoms with Gasteiger partial charge in [-0.3, -0.25) is 4.98 Å². The van der Waals surface area contributed by atoms with Gasteiger partial charge >= 0.3 is 0 Å². The quantitative estimate of drug-likeness (QED) is 0.790. The Morgan fingerprint density at radius 3 is 3.10 bits per heavy atom. The molecule has 0 aliphatic carbocycles. The summed E-state index contributed by atoms with van der Waals surface area (Å²) in [5.74, 6) is 0.